The first kappa shape index (κ1) is 26.0. The number of para-hydroxylation sites is 1. The van der Waals surface area contributed by atoms with Crippen LogP contribution in [0.5, 0.6) is 5.75 Å². The molecule has 0 aliphatic carbocycles. The maximum atomic E-state index is 12.5. The molecule has 2 aliphatic heterocycles. The summed E-state index contributed by atoms with van der Waals surface area (Å²) in [4.78, 5) is 19.3. The van der Waals surface area contributed by atoms with Gasteiger partial charge in [-0.1, -0.05) is 24.3 Å². The molecule has 9 heteroatoms. The predicted molar refractivity (Wildman–Crippen MR) is 158 cm³/mol. The van der Waals surface area contributed by atoms with Crippen molar-refractivity contribution in [3.63, 3.8) is 0 Å². The average molecular weight is 554 g/mol. The second kappa shape index (κ2) is 11.9. The summed E-state index contributed by atoms with van der Waals surface area (Å²) in [5.41, 5.74) is 3.66. The summed E-state index contributed by atoms with van der Waals surface area (Å²) >= 11 is 5.89. The van der Waals surface area contributed by atoms with Crippen molar-refractivity contribution in [3.05, 3.63) is 109 Å². The number of hydrogen-bond acceptors (Lipinski definition) is 5. The van der Waals surface area contributed by atoms with Gasteiger partial charge in [0.25, 0.3) is 5.91 Å². The van der Waals surface area contributed by atoms with Crippen LogP contribution in [0.2, 0.25) is 0 Å². The second-order valence-corrected chi connectivity index (χ2v) is 10.3. The van der Waals surface area contributed by atoms with E-state index >= 15 is 0 Å². The third-order valence-corrected chi connectivity index (χ3v) is 7.55. The second-order valence-electron chi connectivity index (χ2n) is 9.91. The molecule has 0 spiro atoms. The number of hydrogen-bond donors (Lipinski definition) is 2. The van der Waals surface area contributed by atoms with Crippen LogP contribution >= 0.6 is 12.2 Å². The van der Waals surface area contributed by atoms with E-state index in [4.69, 9.17) is 21.7 Å². The van der Waals surface area contributed by atoms with Gasteiger partial charge in [-0.15, -0.1) is 0 Å². The van der Waals surface area contributed by atoms with Crippen LogP contribution in [0.15, 0.2) is 97.3 Å². The maximum Gasteiger partial charge on any atom is 0.262 e. The molecule has 2 aromatic heterocycles. The highest BCUT2D eigenvalue weighted by Crippen LogP contribution is 2.42. The Bertz CT molecular complexity index is 1440. The number of pyridine rings is 1. The number of ether oxygens (including phenoxy) is 2. The number of thiocarbonyl (C=S) groups is 1. The van der Waals surface area contributed by atoms with Gasteiger partial charge in [0.15, 0.2) is 11.7 Å². The first-order chi connectivity index (χ1) is 19.7. The Hall–Kier alpha value is -4.21. The molecule has 4 heterocycles. The van der Waals surface area contributed by atoms with E-state index in [1.165, 1.54) is 0 Å². The third kappa shape index (κ3) is 5.71. The van der Waals surface area contributed by atoms with Crippen molar-refractivity contribution in [3.8, 4) is 5.75 Å². The number of benzene rings is 2. The SMILES string of the molecule is O=C(COc1ccccc1)Nc1ccc(N2C(=S)N[C@H](c3ccccn3)[C@H]2c2cccn2C[C@H]2CCCO2)cc1. The van der Waals surface area contributed by atoms with E-state index in [9.17, 15) is 4.79 Å². The molecule has 2 fully saturated rings. The fourth-order valence-electron chi connectivity index (χ4n) is 5.37. The van der Waals surface area contributed by atoms with E-state index in [-0.39, 0.29) is 30.7 Å². The van der Waals surface area contributed by atoms with Crippen LogP contribution in [0.3, 0.4) is 0 Å². The molecular formula is C31H31N5O3S. The highest BCUT2D eigenvalue weighted by molar-refractivity contribution is 7.80. The summed E-state index contributed by atoms with van der Waals surface area (Å²) in [6, 6.07) is 26.9. The van der Waals surface area contributed by atoms with Crippen LogP contribution in [0.4, 0.5) is 11.4 Å². The minimum Gasteiger partial charge on any atom is -0.484 e. The Morgan fingerprint density at radius 1 is 1.05 bits per heavy atom. The van der Waals surface area contributed by atoms with E-state index in [0.717, 1.165) is 43.1 Å². The summed E-state index contributed by atoms with van der Waals surface area (Å²) < 4.78 is 13.8. The molecule has 0 radical (unpaired) electrons. The van der Waals surface area contributed by atoms with Crippen molar-refractivity contribution in [2.24, 2.45) is 0 Å². The van der Waals surface area contributed by atoms with Gasteiger partial charge in [-0.3, -0.25) is 9.78 Å². The quantitative estimate of drug-likeness (QED) is 0.274. The van der Waals surface area contributed by atoms with Crippen molar-refractivity contribution < 1.29 is 14.3 Å². The first-order valence-electron chi connectivity index (χ1n) is 13.5. The number of anilines is 2. The molecule has 1 amide bonds. The molecule has 2 saturated heterocycles. The molecule has 2 aromatic carbocycles. The lowest BCUT2D eigenvalue weighted by molar-refractivity contribution is -0.118. The lowest BCUT2D eigenvalue weighted by Crippen LogP contribution is -2.31. The fraction of sp³-hybridized carbons (Fsp3) is 0.258. The Morgan fingerprint density at radius 2 is 1.88 bits per heavy atom. The van der Waals surface area contributed by atoms with E-state index in [0.29, 0.717) is 16.5 Å². The van der Waals surface area contributed by atoms with E-state index in [1.54, 1.807) is 0 Å². The Balaban J connectivity index is 1.23. The van der Waals surface area contributed by atoms with Crippen LogP contribution in [0.25, 0.3) is 0 Å². The molecule has 3 atom stereocenters. The van der Waals surface area contributed by atoms with Gasteiger partial charge in [0.05, 0.1) is 17.8 Å². The van der Waals surface area contributed by atoms with Crippen molar-refractivity contribution in [2.75, 3.05) is 23.4 Å². The molecule has 0 saturated carbocycles. The average Bonchev–Trinajstić information content (AvgIpc) is 3.74. The number of rotatable bonds is 9. The summed E-state index contributed by atoms with van der Waals surface area (Å²) in [6.07, 6.45) is 6.30. The number of carbonyl (C=O) groups excluding carboxylic acids is 1. The van der Waals surface area contributed by atoms with Crippen molar-refractivity contribution >= 4 is 34.6 Å². The normalized spacial score (nSPS) is 20.4. The Labute approximate surface area is 238 Å². The highest BCUT2D eigenvalue weighted by atomic mass is 32.1. The highest BCUT2D eigenvalue weighted by Gasteiger charge is 2.42. The van der Waals surface area contributed by atoms with E-state index < -0.39 is 0 Å². The third-order valence-electron chi connectivity index (χ3n) is 7.23. The van der Waals surface area contributed by atoms with Crippen molar-refractivity contribution in [1.82, 2.24) is 14.9 Å². The maximum absolute atomic E-state index is 12.5. The molecule has 2 N–H and O–H groups in total. The zero-order chi connectivity index (χ0) is 27.3. The van der Waals surface area contributed by atoms with E-state index in [1.807, 2.05) is 79.0 Å². The Morgan fingerprint density at radius 3 is 2.62 bits per heavy atom. The van der Waals surface area contributed by atoms with Gasteiger partial charge in [-0.2, -0.15) is 0 Å². The van der Waals surface area contributed by atoms with Crippen LogP contribution in [-0.2, 0) is 16.1 Å². The number of nitrogens with one attached hydrogen (secondary N) is 2. The molecule has 40 heavy (non-hydrogen) atoms. The van der Waals surface area contributed by atoms with Gasteiger partial charge in [0.1, 0.15) is 11.8 Å². The monoisotopic (exact) mass is 553 g/mol. The predicted octanol–water partition coefficient (Wildman–Crippen LogP) is 5.26. The fourth-order valence-corrected chi connectivity index (χ4v) is 5.72. The van der Waals surface area contributed by atoms with Gasteiger partial charge in [-0.25, -0.2) is 0 Å². The largest absolute Gasteiger partial charge is 0.484 e. The number of aromatic nitrogens is 2. The standard InChI is InChI=1S/C31H31N5O3S/c37-28(21-39-24-8-2-1-3-9-24)33-22-13-15-23(16-14-22)36-30(29(34-31(36)40)26-11-4-5-17-32-26)27-12-6-18-35(27)20-25-10-7-19-38-25/h1-6,8-9,11-18,25,29-30H,7,10,19-21H2,(H,33,37)(H,34,40)/t25-,29-,30-/m1/s1. The van der Waals surface area contributed by atoms with E-state index in [2.05, 4.69) is 43.4 Å². The molecule has 0 bridgehead atoms. The first-order valence-corrected chi connectivity index (χ1v) is 13.9. The summed E-state index contributed by atoms with van der Waals surface area (Å²) in [5, 5.41) is 7.05. The lowest BCUT2D eigenvalue weighted by Gasteiger charge is -2.29. The summed E-state index contributed by atoms with van der Waals surface area (Å²) in [5.74, 6) is 0.427. The van der Waals surface area contributed by atoms with Crippen molar-refractivity contribution in [2.45, 2.75) is 37.6 Å². The molecule has 8 nitrogen and oxygen atoms in total. The molecule has 4 aromatic rings. The topological polar surface area (TPSA) is 80.7 Å². The van der Waals surface area contributed by atoms with Gasteiger partial charge in [-0.05, 0) is 85.7 Å². The molecule has 2 aliphatic rings. The molecular weight excluding hydrogens is 522 g/mol. The zero-order valence-corrected chi connectivity index (χ0v) is 22.8. The number of nitrogens with zero attached hydrogens (tertiary/aromatic N) is 3. The zero-order valence-electron chi connectivity index (χ0n) is 22.0. The summed E-state index contributed by atoms with van der Waals surface area (Å²) in [6.45, 7) is 1.55. The minimum atomic E-state index is -0.227. The molecule has 6 rings (SSSR count). The van der Waals surface area contributed by atoms with Gasteiger partial charge < -0.3 is 29.6 Å². The minimum absolute atomic E-state index is 0.0680. The van der Waals surface area contributed by atoms with Crippen molar-refractivity contribution in [1.29, 1.82) is 0 Å². The lowest BCUT2D eigenvalue weighted by atomic mass is 10.0. The van der Waals surface area contributed by atoms with Gasteiger partial charge >= 0.3 is 0 Å². The number of carbonyl (C=O) groups is 1. The smallest absolute Gasteiger partial charge is 0.262 e. The van der Waals surface area contributed by atoms with Gasteiger partial charge in [0.2, 0.25) is 0 Å². The Kier molecular flexibility index (Phi) is 7.74. The summed E-state index contributed by atoms with van der Waals surface area (Å²) in [7, 11) is 0. The molecule has 0 unspecified atom stereocenters. The van der Waals surface area contributed by atoms with Crippen LogP contribution in [0, 0.1) is 0 Å². The molecule has 204 valence electrons. The number of amides is 1. The van der Waals surface area contributed by atoms with Gasteiger partial charge in [0, 0.05) is 42.6 Å². The van der Waals surface area contributed by atoms with Crippen LogP contribution in [0.1, 0.15) is 36.3 Å². The van der Waals surface area contributed by atoms with Crippen LogP contribution in [-0.4, -0.2) is 39.9 Å². The van der Waals surface area contributed by atoms with Crippen LogP contribution < -0.4 is 20.3 Å².